The second-order valence-corrected chi connectivity index (χ2v) is 10.3. The Morgan fingerprint density at radius 3 is 2.05 bits per heavy atom. The van der Waals surface area contributed by atoms with Crippen molar-refractivity contribution < 1.29 is 27.5 Å². The van der Waals surface area contributed by atoms with Gasteiger partial charge in [0.15, 0.2) is 0 Å². The lowest BCUT2D eigenvalue weighted by Gasteiger charge is -2.24. The fourth-order valence-electron chi connectivity index (χ4n) is 3.51. The van der Waals surface area contributed by atoms with Crippen LogP contribution in [0.3, 0.4) is 0 Å². The molecule has 0 spiro atoms. The first-order valence-corrected chi connectivity index (χ1v) is 13.2. The minimum Gasteiger partial charge on any atom is -0.497 e. The molecule has 0 saturated carbocycles. The van der Waals surface area contributed by atoms with E-state index in [-0.39, 0.29) is 22.4 Å². The monoisotopic (exact) mass is 551 g/mol. The molecule has 0 aliphatic carbocycles. The highest BCUT2D eigenvalue weighted by molar-refractivity contribution is 7.92. The van der Waals surface area contributed by atoms with Gasteiger partial charge >= 0.3 is 0 Å². The number of rotatable bonds is 10. The molecule has 0 aliphatic heterocycles. The van der Waals surface area contributed by atoms with Crippen LogP contribution in [-0.2, 0) is 24.4 Å². The Labute approximate surface area is 226 Å². The predicted octanol–water partition coefficient (Wildman–Crippen LogP) is 3.35. The van der Waals surface area contributed by atoms with Crippen LogP contribution in [0.2, 0.25) is 0 Å². The van der Waals surface area contributed by atoms with Crippen LogP contribution in [0.15, 0.2) is 82.8 Å². The molecule has 0 radical (unpaired) electrons. The van der Waals surface area contributed by atoms with Crippen LogP contribution in [0.1, 0.15) is 26.3 Å². The van der Waals surface area contributed by atoms with E-state index in [1.165, 1.54) is 57.4 Å². The van der Waals surface area contributed by atoms with Gasteiger partial charge in [0.2, 0.25) is 11.8 Å². The summed E-state index contributed by atoms with van der Waals surface area (Å²) in [4.78, 5) is 35.5. The average Bonchev–Trinajstić information content (AvgIpc) is 2.90. The van der Waals surface area contributed by atoms with E-state index in [9.17, 15) is 22.8 Å². The van der Waals surface area contributed by atoms with Crippen LogP contribution in [0, 0.1) is 0 Å². The summed E-state index contributed by atoms with van der Waals surface area (Å²) in [7, 11) is -2.71. The van der Waals surface area contributed by atoms with Crippen molar-refractivity contribution in [3.8, 4) is 5.75 Å². The number of hydrazone groups is 1. The first kappa shape index (κ1) is 28.9. The second kappa shape index (κ2) is 12.7. The van der Waals surface area contributed by atoms with Crippen LogP contribution in [0.25, 0.3) is 0 Å². The number of sulfonamides is 1. The highest BCUT2D eigenvalue weighted by atomic mass is 32.2. The standard InChI is InChI=1S/C27H29N5O6S/c1-18(21-6-5-7-23(16-21)29-20(3)34)30-31-27(35)17-32(24-10-12-25(38-4)13-11-24)39(36,37)26-14-8-22(9-15-26)28-19(2)33/h5-16H,17H2,1-4H3,(H,28,33)(H,29,34)(H,31,35)/b30-18-. The number of anilines is 3. The molecule has 3 aromatic rings. The summed E-state index contributed by atoms with van der Waals surface area (Å²) in [5, 5.41) is 9.37. The molecule has 3 N–H and O–H groups in total. The largest absolute Gasteiger partial charge is 0.497 e. The predicted molar refractivity (Wildman–Crippen MR) is 149 cm³/mol. The Kier molecular flexibility index (Phi) is 9.39. The Bertz CT molecular complexity index is 1490. The number of amides is 3. The van der Waals surface area contributed by atoms with Crippen molar-refractivity contribution in [3.63, 3.8) is 0 Å². The van der Waals surface area contributed by atoms with Crippen molar-refractivity contribution in [2.45, 2.75) is 25.7 Å². The molecule has 3 rings (SSSR count). The molecule has 12 heteroatoms. The van der Waals surface area contributed by atoms with Crippen molar-refractivity contribution in [3.05, 3.63) is 78.4 Å². The third-order valence-electron chi connectivity index (χ3n) is 5.36. The van der Waals surface area contributed by atoms with Crippen LogP contribution in [0.4, 0.5) is 17.1 Å². The van der Waals surface area contributed by atoms with Gasteiger partial charge in [-0.25, -0.2) is 13.8 Å². The molecular weight excluding hydrogens is 522 g/mol. The normalized spacial score (nSPS) is 11.3. The Morgan fingerprint density at radius 1 is 0.846 bits per heavy atom. The summed E-state index contributed by atoms with van der Waals surface area (Å²) < 4.78 is 33.3. The minimum absolute atomic E-state index is 0.0744. The average molecular weight is 552 g/mol. The van der Waals surface area contributed by atoms with E-state index in [1.807, 2.05) is 0 Å². The summed E-state index contributed by atoms with van der Waals surface area (Å²) in [5.41, 5.74) is 4.74. The highest BCUT2D eigenvalue weighted by Crippen LogP contribution is 2.26. The molecular formula is C27H29N5O6S. The quantitative estimate of drug-likeness (QED) is 0.260. The van der Waals surface area contributed by atoms with Crippen molar-refractivity contribution in [1.29, 1.82) is 0 Å². The van der Waals surface area contributed by atoms with Crippen LogP contribution in [-0.4, -0.2) is 45.5 Å². The maximum Gasteiger partial charge on any atom is 0.264 e. The third-order valence-corrected chi connectivity index (χ3v) is 7.15. The van der Waals surface area contributed by atoms with Gasteiger partial charge in [-0.1, -0.05) is 12.1 Å². The molecule has 39 heavy (non-hydrogen) atoms. The van der Waals surface area contributed by atoms with Gasteiger partial charge in [0.25, 0.3) is 15.9 Å². The zero-order chi connectivity index (χ0) is 28.6. The van der Waals surface area contributed by atoms with E-state index < -0.39 is 22.5 Å². The fraction of sp³-hybridized carbons (Fsp3) is 0.185. The van der Waals surface area contributed by atoms with Gasteiger partial charge in [-0.05, 0) is 73.2 Å². The number of nitrogens with zero attached hydrogens (tertiary/aromatic N) is 2. The lowest BCUT2D eigenvalue weighted by Crippen LogP contribution is -2.39. The molecule has 0 fully saturated rings. The molecule has 11 nitrogen and oxygen atoms in total. The SMILES string of the molecule is COc1ccc(N(CC(=O)N/N=C(/C)c2cccc(NC(C)=O)c2)S(=O)(=O)c2ccc(NC(C)=O)cc2)cc1. The van der Waals surface area contributed by atoms with Crippen molar-refractivity contribution in [1.82, 2.24) is 5.43 Å². The van der Waals surface area contributed by atoms with Crippen LogP contribution in [0.5, 0.6) is 5.75 Å². The molecule has 0 saturated heterocycles. The molecule has 0 aliphatic rings. The second-order valence-electron chi connectivity index (χ2n) is 8.41. The number of ether oxygens (including phenoxy) is 1. The van der Waals surface area contributed by atoms with Crippen LogP contribution < -0.4 is 25.1 Å². The Morgan fingerprint density at radius 2 is 1.46 bits per heavy atom. The first-order valence-electron chi connectivity index (χ1n) is 11.7. The number of methoxy groups -OCH3 is 1. The zero-order valence-electron chi connectivity index (χ0n) is 21.9. The lowest BCUT2D eigenvalue weighted by molar-refractivity contribution is -0.119. The summed E-state index contributed by atoms with van der Waals surface area (Å²) in [6, 6.07) is 18.7. The van der Waals surface area contributed by atoms with E-state index in [0.29, 0.717) is 28.4 Å². The third kappa shape index (κ3) is 7.89. The summed E-state index contributed by atoms with van der Waals surface area (Å²) in [6.45, 7) is 3.85. The molecule has 0 bridgehead atoms. The Balaban J connectivity index is 1.86. The maximum absolute atomic E-state index is 13.6. The van der Waals surface area contributed by atoms with Gasteiger partial charge in [-0.2, -0.15) is 5.10 Å². The molecule has 0 atom stereocenters. The van der Waals surface area contributed by atoms with Gasteiger partial charge in [-0.15, -0.1) is 0 Å². The smallest absolute Gasteiger partial charge is 0.264 e. The van der Waals surface area contributed by atoms with Gasteiger partial charge in [-0.3, -0.25) is 18.7 Å². The number of nitrogens with one attached hydrogen (secondary N) is 3. The minimum atomic E-state index is -4.19. The number of benzene rings is 3. The molecule has 0 aromatic heterocycles. The van der Waals surface area contributed by atoms with Gasteiger partial charge in [0.05, 0.1) is 23.4 Å². The number of hydrogen-bond donors (Lipinski definition) is 3. The van der Waals surface area contributed by atoms with E-state index in [2.05, 4.69) is 21.2 Å². The summed E-state index contributed by atoms with van der Waals surface area (Å²) in [6.07, 6.45) is 0. The number of hydrogen-bond acceptors (Lipinski definition) is 7. The van der Waals surface area contributed by atoms with Crippen LogP contribution >= 0.6 is 0 Å². The lowest BCUT2D eigenvalue weighted by atomic mass is 10.1. The molecule has 0 unspecified atom stereocenters. The van der Waals surface area contributed by atoms with E-state index in [1.54, 1.807) is 43.3 Å². The fourth-order valence-corrected chi connectivity index (χ4v) is 4.93. The van der Waals surface area contributed by atoms with Crippen molar-refractivity contribution in [2.24, 2.45) is 5.10 Å². The van der Waals surface area contributed by atoms with E-state index in [4.69, 9.17) is 4.74 Å². The summed E-state index contributed by atoms with van der Waals surface area (Å²) in [5.74, 6) is -0.678. The number of carbonyl (C=O) groups excluding carboxylic acids is 3. The van der Waals surface area contributed by atoms with Gasteiger partial charge < -0.3 is 15.4 Å². The maximum atomic E-state index is 13.6. The van der Waals surface area contributed by atoms with E-state index >= 15 is 0 Å². The van der Waals surface area contributed by atoms with Gasteiger partial charge in [0.1, 0.15) is 12.3 Å². The Hall–Kier alpha value is -4.71. The first-order chi connectivity index (χ1) is 18.5. The number of carbonyl (C=O) groups is 3. The summed E-state index contributed by atoms with van der Waals surface area (Å²) >= 11 is 0. The van der Waals surface area contributed by atoms with E-state index in [0.717, 1.165) is 4.31 Å². The molecule has 3 aromatic carbocycles. The van der Waals surface area contributed by atoms with Crippen molar-refractivity contribution >= 4 is 50.5 Å². The molecule has 0 heterocycles. The topological polar surface area (TPSA) is 146 Å². The zero-order valence-corrected chi connectivity index (χ0v) is 22.7. The van der Waals surface area contributed by atoms with Crippen molar-refractivity contribution in [2.75, 3.05) is 28.6 Å². The van der Waals surface area contributed by atoms with Gasteiger partial charge in [0, 0.05) is 25.2 Å². The molecule has 3 amide bonds. The molecule has 204 valence electrons. The highest BCUT2D eigenvalue weighted by Gasteiger charge is 2.27.